The average Bonchev–Trinajstić information content (AvgIpc) is 2.97. The smallest absolute Gasteiger partial charge is 0.358 e. The van der Waals surface area contributed by atoms with Gasteiger partial charge in [-0.1, -0.05) is 17.3 Å². The van der Waals surface area contributed by atoms with Crippen LogP contribution >= 0.6 is 0 Å². The summed E-state index contributed by atoms with van der Waals surface area (Å²) in [5.41, 5.74) is 1.31. The molecule has 2 heterocycles. The Balaban J connectivity index is 1.89. The molecule has 1 aromatic heterocycles. The van der Waals surface area contributed by atoms with Gasteiger partial charge in [-0.3, -0.25) is 9.69 Å². The topological polar surface area (TPSA) is 86.9 Å². The first-order chi connectivity index (χ1) is 10.5. The van der Waals surface area contributed by atoms with Crippen molar-refractivity contribution >= 4 is 17.6 Å². The number of benzene rings is 1. The molecule has 0 bridgehead atoms. The molecule has 1 N–H and O–H groups in total. The van der Waals surface area contributed by atoms with Crippen LogP contribution in [0, 0.1) is 0 Å². The van der Waals surface area contributed by atoms with E-state index in [4.69, 9.17) is 9.63 Å². The van der Waals surface area contributed by atoms with Gasteiger partial charge in [-0.2, -0.15) is 0 Å². The number of carboxylic acid groups (broad SMARTS) is 1. The van der Waals surface area contributed by atoms with Crippen LogP contribution in [-0.2, 0) is 4.79 Å². The monoisotopic (exact) mass is 301 g/mol. The van der Waals surface area contributed by atoms with Crippen LogP contribution in [0.3, 0.4) is 0 Å². The van der Waals surface area contributed by atoms with Crippen LogP contribution in [0.15, 0.2) is 34.9 Å². The first-order valence-electron chi connectivity index (χ1n) is 6.84. The van der Waals surface area contributed by atoms with Gasteiger partial charge in [-0.25, -0.2) is 4.79 Å². The molecule has 22 heavy (non-hydrogen) atoms. The van der Waals surface area contributed by atoms with Crippen molar-refractivity contribution < 1.29 is 19.2 Å². The number of aromatic nitrogens is 1. The Kier molecular flexibility index (Phi) is 3.64. The predicted molar refractivity (Wildman–Crippen MR) is 78.7 cm³/mol. The maximum Gasteiger partial charge on any atom is 0.358 e. The fraction of sp³-hybridized carbons (Fsp3) is 0.267. The number of amides is 1. The second-order valence-electron chi connectivity index (χ2n) is 5.22. The first-order valence-corrected chi connectivity index (χ1v) is 6.84. The Labute approximate surface area is 126 Å². The third kappa shape index (κ3) is 2.71. The van der Waals surface area contributed by atoms with Crippen LogP contribution in [0.25, 0.3) is 11.3 Å². The van der Waals surface area contributed by atoms with Crippen LogP contribution in [0.4, 0.5) is 5.69 Å². The summed E-state index contributed by atoms with van der Waals surface area (Å²) < 4.78 is 5.06. The summed E-state index contributed by atoms with van der Waals surface area (Å²) >= 11 is 0. The second-order valence-corrected chi connectivity index (χ2v) is 5.22. The number of carboxylic acids is 1. The molecule has 0 aliphatic carbocycles. The Morgan fingerprint density at radius 3 is 2.82 bits per heavy atom. The summed E-state index contributed by atoms with van der Waals surface area (Å²) in [5, 5.41) is 12.4. The van der Waals surface area contributed by atoms with E-state index in [0.717, 1.165) is 12.2 Å². The number of likely N-dealkylation sites (N-methyl/N-ethyl adjacent to an activating group) is 1. The van der Waals surface area contributed by atoms with Gasteiger partial charge in [-0.15, -0.1) is 0 Å². The van der Waals surface area contributed by atoms with E-state index in [2.05, 4.69) is 5.16 Å². The Bertz CT molecular complexity index is 725. The molecule has 3 rings (SSSR count). The van der Waals surface area contributed by atoms with E-state index in [9.17, 15) is 9.59 Å². The summed E-state index contributed by atoms with van der Waals surface area (Å²) in [5.74, 6) is -0.740. The fourth-order valence-corrected chi connectivity index (χ4v) is 2.40. The fourth-order valence-electron chi connectivity index (χ4n) is 2.40. The highest BCUT2D eigenvalue weighted by molar-refractivity contribution is 5.96. The molecule has 1 amide bonds. The molecule has 0 spiro atoms. The van der Waals surface area contributed by atoms with Crippen molar-refractivity contribution in [3.8, 4) is 11.3 Å². The molecule has 0 radical (unpaired) electrons. The number of carbonyl (C=O) groups is 2. The normalized spacial score (nSPS) is 16.0. The van der Waals surface area contributed by atoms with Gasteiger partial charge in [0.1, 0.15) is 0 Å². The van der Waals surface area contributed by atoms with Crippen LogP contribution in [-0.4, -0.2) is 53.7 Å². The van der Waals surface area contributed by atoms with Crippen molar-refractivity contribution in [3.63, 3.8) is 0 Å². The number of aromatic carboxylic acids is 1. The number of carbonyl (C=O) groups excluding carboxylic acids is 1. The lowest BCUT2D eigenvalue weighted by Gasteiger charge is -2.32. The largest absolute Gasteiger partial charge is 0.476 e. The third-order valence-corrected chi connectivity index (χ3v) is 3.58. The number of nitrogens with zero attached hydrogens (tertiary/aromatic N) is 3. The van der Waals surface area contributed by atoms with E-state index < -0.39 is 5.97 Å². The minimum absolute atomic E-state index is 0.0368. The lowest BCUT2D eigenvalue weighted by atomic mass is 10.1. The maximum atomic E-state index is 12.1. The summed E-state index contributed by atoms with van der Waals surface area (Å²) in [7, 11) is 1.91. The summed E-state index contributed by atoms with van der Waals surface area (Å²) in [4.78, 5) is 26.7. The Morgan fingerprint density at radius 1 is 1.32 bits per heavy atom. The molecule has 0 atom stereocenters. The Hall–Kier alpha value is -2.67. The minimum atomic E-state index is -1.14. The molecule has 7 nitrogen and oxygen atoms in total. The van der Waals surface area contributed by atoms with Crippen molar-refractivity contribution in [3.05, 3.63) is 36.0 Å². The highest BCUT2D eigenvalue weighted by Gasteiger charge is 2.23. The van der Waals surface area contributed by atoms with Gasteiger partial charge in [0.15, 0.2) is 11.5 Å². The minimum Gasteiger partial charge on any atom is -0.476 e. The molecule has 1 saturated heterocycles. The number of hydrogen-bond acceptors (Lipinski definition) is 5. The molecule has 0 unspecified atom stereocenters. The first kappa shape index (κ1) is 14.3. The molecular weight excluding hydrogens is 286 g/mol. The van der Waals surface area contributed by atoms with E-state index in [0.29, 0.717) is 24.4 Å². The van der Waals surface area contributed by atoms with Crippen molar-refractivity contribution in [2.45, 2.75) is 0 Å². The zero-order valence-corrected chi connectivity index (χ0v) is 12.0. The maximum absolute atomic E-state index is 12.1. The molecule has 114 valence electrons. The number of piperazine rings is 1. The van der Waals surface area contributed by atoms with Crippen LogP contribution in [0.1, 0.15) is 10.5 Å². The lowest BCUT2D eigenvalue weighted by Crippen LogP contribution is -2.48. The molecule has 1 aliphatic heterocycles. The average molecular weight is 301 g/mol. The lowest BCUT2D eigenvalue weighted by molar-refractivity contribution is -0.120. The molecule has 1 aromatic carbocycles. The zero-order valence-electron chi connectivity index (χ0n) is 12.0. The molecule has 2 aromatic rings. The van der Waals surface area contributed by atoms with Gasteiger partial charge >= 0.3 is 5.97 Å². The second kappa shape index (κ2) is 5.61. The van der Waals surface area contributed by atoms with Crippen molar-refractivity contribution in [2.75, 3.05) is 31.6 Å². The van der Waals surface area contributed by atoms with E-state index in [1.165, 1.54) is 6.07 Å². The quantitative estimate of drug-likeness (QED) is 0.920. The summed E-state index contributed by atoms with van der Waals surface area (Å²) in [6.45, 7) is 1.81. The van der Waals surface area contributed by atoms with Gasteiger partial charge in [0.25, 0.3) is 0 Å². The molecule has 1 aliphatic rings. The molecular formula is C15H15N3O4. The van der Waals surface area contributed by atoms with E-state index in [1.807, 2.05) is 18.0 Å². The summed E-state index contributed by atoms with van der Waals surface area (Å²) in [6, 6.07) is 8.61. The van der Waals surface area contributed by atoms with Crippen molar-refractivity contribution in [2.24, 2.45) is 0 Å². The van der Waals surface area contributed by atoms with E-state index >= 15 is 0 Å². The number of rotatable bonds is 3. The van der Waals surface area contributed by atoms with Gasteiger partial charge in [-0.05, 0) is 19.2 Å². The van der Waals surface area contributed by atoms with Gasteiger partial charge in [0, 0.05) is 30.4 Å². The van der Waals surface area contributed by atoms with Gasteiger partial charge < -0.3 is 14.5 Å². The van der Waals surface area contributed by atoms with E-state index in [1.54, 1.807) is 23.1 Å². The molecule has 1 fully saturated rings. The van der Waals surface area contributed by atoms with Crippen LogP contribution in [0.2, 0.25) is 0 Å². The molecule has 7 heteroatoms. The SMILES string of the molecule is CN1CCN(c2cccc(-c3cc(C(=O)O)no3)c2)C(=O)C1. The zero-order chi connectivity index (χ0) is 15.7. The highest BCUT2D eigenvalue weighted by atomic mass is 16.5. The summed E-state index contributed by atoms with van der Waals surface area (Å²) in [6.07, 6.45) is 0. The van der Waals surface area contributed by atoms with E-state index in [-0.39, 0.29) is 11.6 Å². The number of anilines is 1. The van der Waals surface area contributed by atoms with Crippen LogP contribution in [0.5, 0.6) is 0 Å². The Morgan fingerprint density at radius 2 is 2.14 bits per heavy atom. The number of hydrogen-bond donors (Lipinski definition) is 1. The van der Waals surface area contributed by atoms with Crippen LogP contribution < -0.4 is 4.90 Å². The third-order valence-electron chi connectivity index (χ3n) is 3.58. The van der Waals surface area contributed by atoms with Gasteiger partial charge in [0.2, 0.25) is 5.91 Å². The standard InChI is InChI=1S/C15H15N3O4/c1-17-5-6-18(14(19)9-17)11-4-2-3-10(7-11)13-8-12(15(20)21)16-22-13/h2-4,7-8H,5-6,9H2,1H3,(H,20,21). The molecule has 0 saturated carbocycles. The van der Waals surface area contributed by atoms with Crippen molar-refractivity contribution in [1.82, 2.24) is 10.1 Å². The predicted octanol–water partition coefficient (Wildman–Crippen LogP) is 1.32. The van der Waals surface area contributed by atoms with Crippen molar-refractivity contribution in [1.29, 1.82) is 0 Å². The van der Waals surface area contributed by atoms with Gasteiger partial charge in [0.05, 0.1) is 6.54 Å². The highest BCUT2D eigenvalue weighted by Crippen LogP contribution is 2.26.